The highest BCUT2D eigenvalue weighted by molar-refractivity contribution is 5.95. The van der Waals surface area contributed by atoms with Crippen LogP contribution in [0.3, 0.4) is 0 Å². The van der Waals surface area contributed by atoms with Crippen molar-refractivity contribution in [2.24, 2.45) is 5.41 Å². The number of carbonyl (C=O) groups is 2. The van der Waals surface area contributed by atoms with Gasteiger partial charge in [-0.25, -0.2) is 0 Å². The zero-order valence-electron chi connectivity index (χ0n) is 12.5. The van der Waals surface area contributed by atoms with Crippen LogP contribution < -0.4 is 11.1 Å². The normalized spacial score (nSPS) is 25.3. The number of carboxylic acid groups (broad SMARTS) is 1. The standard InChI is InChI=1S/C16H22N2O3/c1-10-6-7-11(9-12(10)17)14(19)18-13-5-3-4-8-16(13,2)15(20)21/h6-7,9,13H,3-5,8,17H2,1-2H3,(H,18,19)(H,20,21). The van der Waals surface area contributed by atoms with Crippen molar-refractivity contribution in [2.45, 2.75) is 45.6 Å². The number of carbonyl (C=O) groups excluding carboxylic acids is 1. The van der Waals surface area contributed by atoms with E-state index in [4.69, 9.17) is 5.73 Å². The van der Waals surface area contributed by atoms with Gasteiger partial charge in [-0.2, -0.15) is 0 Å². The Morgan fingerprint density at radius 1 is 1.38 bits per heavy atom. The second-order valence-corrected chi connectivity index (χ2v) is 6.07. The fourth-order valence-corrected chi connectivity index (χ4v) is 2.84. The molecule has 2 rings (SSSR count). The van der Waals surface area contributed by atoms with E-state index in [0.717, 1.165) is 18.4 Å². The van der Waals surface area contributed by atoms with Crippen LogP contribution in [0, 0.1) is 12.3 Å². The minimum Gasteiger partial charge on any atom is -0.481 e. The van der Waals surface area contributed by atoms with Gasteiger partial charge in [0, 0.05) is 17.3 Å². The third-order valence-corrected chi connectivity index (χ3v) is 4.54. The van der Waals surface area contributed by atoms with Gasteiger partial charge < -0.3 is 16.2 Å². The molecule has 5 heteroatoms. The summed E-state index contributed by atoms with van der Waals surface area (Å²) in [7, 11) is 0. The first kappa shape index (κ1) is 15.4. The first-order valence-electron chi connectivity index (χ1n) is 7.25. The third-order valence-electron chi connectivity index (χ3n) is 4.54. The van der Waals surface area contributed by atoms with E-state index in [-0.39, 0.29) is 11.9 Å². The lowest BCUT2D eigenvalue weighted by atomic mass is 9.71. The van der Waals surface area contributed by atoms with Crippen molar-refractivity contribution in [2.75, 3.05) is 5.73 Å². The minimum atomic E-state index is -0.899. The number of aryl methyl sites for hydroxylation is 1. The molecule has 0 saturated heterocycles. The number of anilines is 1. The van der Waals surface area contributed by atoms with Crippen molar-refractivity contribution in [3.8, 4) is 0 Å². The van der Waals surface area contributed by atoms with Gasteiger partial charge in [0.2, 0.25) is 0 Å². The zero-order chi connectivity index (χ0) is 15.6. The molecule has 4 N–H and O–H groups in total. The number of nitrogen functional groups attached to an aromatic ring is 1. The molecular formula is C16H22N2O3. The Morgan fingerprint density at radius 2 is 2.10 bits per heavy atom. The van der Waals surface area contributed by atoms with E-state index >= 15 is 0 Å². The Balaban J connectivity index is 2.17. The molecule has 1 aliphatic carbocycles. The van der Waals surface area contributed by atoms with Gasteiger partial charge in [0.05, 0.1) is 5.41 Å². The van der Waals surface area contributed by atoms with Gasteiger partial charge >= 0.3 is 5.97 Å². The van der Waals surface area contributed by atoms with Crippen LogP contribution in [-0.4, -0.2) is 23.0 Å². The van der Waals surface area contributed by atoms with Crippen LogP contribution in [-0.2, 0) is 4.79 Å². The van der Waals surface area contributed by atoms with E-state index in [9.17, 15) is 14.7 Å². The second kappa shape index (κ2) is 5.76. The van der Waals surface area contributed by atoms with Crippen LogP contribution in [0.4, 0.5) is 5.69 Å². The van der Waals surface area contributed by atoms with Gasteiger partial charge in [-0.05, 0) is 44.4 Å². The maximum atomic E-state index is 12.3. The van der Waals surface area contributed by atoms with E-state index in [1.165, 1.54) is 0 Å². The summed E-state index contributed by atoms with van der Waals surface area (Å²) < 4.78 is 0. The number of hydrogen-bond acceptors (Lipinski definition) is 3. The van der Waals surface area contributed by atoms with Crippen molar-refractivity contribution in [3.05, 3.63) is 29.3 Å². The average molecular weight is 290 g/mol. The molecule has 21 heavy (non-hydrogen) atoms. The maximum absolute atomic E-state index is 12.3. The quantitative estimate of drug-likeness (QED) is 0.745. The number of amides is 1. The van der Waals surface area contributed by atoms with Crippen molar-refractivity contribution in [1.82, 2.24) is 5.32 Å². The van der Waals surface area contributed by atoms with E-state index in [2.05, 4.69) is 5.32 Å². The number of carboxylic acids is 1. The molecule has 0 radical (unpaired) electrons. The smallest absolute Gasteiger partial charge is 0.311 e. The molecule has 0 heterocycles. The van der Waals surface area contributed by atoms with Crippen LogP contribution in [0.25, 0.3) is 0 Å². The Morgan fingerprint density at radius 3 is 2.71 bits per heavy atom. The van der Waals surface area contributed by atoms with Gasteiger partial charge in [0.15, 0.2) is 0 Å². The lowest BCUT2D eigenvalue weighted by Gasteiger charge is -2.38. The number of aliphatic carboxylic acids is 1. The fraction of sp³-hybridized carbons (Fsp3) is 0.500. The van der Waals surface area contributed by atoms with Gasteiger partial charge in [-0.15, -0.1) is 0 Å². The summed E-state index contributed by atoms with van der Waals surface area (Å²) in [5.41, 5.74) is 6.87. The molecule has 0 aliphatic heterocycles. The summed E-state index contributed by atoms with van der Waals surface area (Å²) >= 11 is 0. The lowest BCUT2D eigenvalue weighted by Crippen LogP contribution is -2.52. The molecule has 0 spiro atoms. The van der Waals surface area contributed by atoms with Gasteiger partial charge in [-0.3, -0.25) is 9.59 Å². The summed E-state index contributed by atoms with van der Waals surface area (Å²) in [6.07, 6.45) is 3.09. The molecule has 0 bridgehead atoms. The molecule has 2 unspecified atom stereocenters. The van der Waals surface area contributed by atoms with E-state index in [0.29, 0.717) is 24.1 Å². The SMILES string of the molecule is Cc1ccc(C(=O)NC2CCCCC2(C)C(=O)O)cc1N. The average Bonchev–Trinajstić information content (AvgIpc) is 2.44. The third kappa shape index (κ3) is 3.01. The van der Waals surface area contributed by atoms with Crippen LogP contribution in [0.15, 0.2) is 18.2 Å². The van der Waals surface area contributed by atoms with Crippen molar-refractivity contribution in [1.29, 1.82) is 0 Å². The predicted molar refractivity (Wildman–Crippen MR) is 81.1 cm³/mol. The highest BCUT2D eigenvalue weighted by atomic mass is 16.4. The maximum Gasteiger partial charge on any atom is 0.311 e. The van der Waals surface area contributed by atoms with Crippen LogP contribution in [0.2, 0.25) is 0 Å². The molecule has 1 amide bonds. The number of rotatable bonds is 3. The Bertz CT molecular complexity index is 571. The monoisotopic (exact) mass is 290 g/mol. The summed E-state index contributed by atoms with van der Waals surface area (Å²) in [5.74, 6) is -1.11. The Hall–Kier alpha value is -2.04. The first-order chi connectivity index (χ1) is 9.84. The van der Waals surface area contributed by atoms with E-state index < -0.39 is 11.4 Å². The fourth-order valence-electron chi connectivity index (χ4n) is 2.84. The number of hydrogen-bond donors (Lipinski definition) is 3. The highest BCUT2D eigenvalue weighted by Gasteiger charge is 2.43. The van der Waals surface area contributed by atoms with Crippen LogP contribution in [0.1, 0.15) is 48.5 Å². The lowest BCUT2D eigenvalue weighted by molar-refractivity contribution is -0.151. The second-order valence-electron chi connectivity index (χ2n) is 6.07. The van der Waals surface area contributed by atoms with Gasteiger partial charge in [0.25, 0.3) is 5.91 Å². The predicted octanol–water partition coefficient (Wildman–Crippen LogP) is 2.34. The number of benzene rings is 1. The summed E-state index contributed by atoms with van der Waals surface area (Å²) in [5, 5.41) is 12.3. The van der Waals surface area contributed by atoms with Crippen LogP contribution in [0.5, 0.6) is 0 Å². The van der Waals surface area contributed by atoms with E-state index in [1.54, 1.807) is 25.1 Å². The summed E-state index contributed by atoms with van der Waals surface area (Å²) in [4.78, 5) is 23.9. The highest BCUT2D eigenvalue weighted by Crippen LogP contribution is 2.36. The molecule has 1 aliphatic rings. The van der Waals surface area contributed by atoms with Crippen molar-refractivity contribution in [3.63, 3.8) is 0 Å². The van der Waals surface area contributed by atoms with Crippen LogP contribution >= 0.6 is 0 Å². The van der Waals surface area contributed by atoms with Gasteiger partial charge in [0.1, 0.15) is 0 Å². The molecule has 1 aromatic carbocycles. The first-order valence-corrected chi connectivity index (χ1v) is 7.25. The molecule has 5 nitrogen and oxygen atoms in total. The number of nitrogens with one attached hydrogen (secondary N) is 1. The summed E-state index contributed by atoms with van der Waals surface area (Å²) in [6, 6.07) is 4.79. The number of nitrogens with two attached hydrogens (primary N) is 1. The largest absolute Gasteiger partial charge is 0.481 e. The van der Waals surface area contributed by atoms with E-state index in [1.807, 2.05) is 6.92 Å². The Kier molecular flexibility index (Phi) is 4.21. The molecule has 114 valence electrons. The van der Waals surface area contributed by atoms with Crippen molar-refractivity contribution < 1.29 is 14.7 Å². The molecule has 0 aromatic heterocycles. The molecular weight excluding hydrogens is 268 g/mol. The molecule has 1 aromatic rings. The molecule has 1 fully saturated rings. The molecule has 1 saturated carbocycles. The van der Waals surface area contributed by atoms with Crippen molar-refractivity contribution >= 4 is 17.6 Å². The topological polar surface area (TPSA) is 92.4 Å². The summed E-state index contributed by atoms with van der Waals surface area (Å²) in [6.45, 7) is 3.59. The Labute approximate surface area is 124 Å². The molecule has 2 atom stereocenters. The minimum absolute atomic E-state index is 0.263. The zero-order valence-corrected chi connectivity index (χ0v) is 12.5. The van der Waals surface area contributed by atoms with Gasteiger partial charge in [-0.1, -0.05) is 18.9 Å².